The van der Waals surface area contributed by atoms with Gasteiger partial charge in [-0.25, -0.2) is 0 Å². The largest absolute Gasteiger partial charge is 0.493 e. The molecule has 2 aromatic carbocycles. The Balaban J connectivity index is 2.21. The number of nitrogens with one attached hydrogen (secondary N) is 1. The third kappa shape index (κ3) is 4.40. The minimum absolute atomic E-state index is 0.336. The fourth-order valence-electron chi connectivity index (χ4n) is 2.33. The van der Waals surface area contributed by atoms with Gasteiger partial charge in [0.2, 0.25) is 5.91 Å². The van der Waals surface area contributed by atoms with Crippen molar-refractivity contribution in [1.82, 2.24) is 0 Å². The number of halogens is 1. The standard InChI is InChI=1S/C19H20ClNO5/c1-23-15-7-5-6-12(19(15)26-4)8-9-18(22)21-14-11-17(25-3)16(24-2)10-13(14)20/h5-11H,1-4H3,(H,21,22)/b9-8+. The van der Waals surface area contributed by atoms with Gasteiger partial charge in [-0.15, -0.1) is 0 Å². The van der Waals surface area contributed by atoms with Crippen molar-refractivity contribution in [1.29, 1.82) is 0 Å². The topological polar surface area (TPSA) is 66.0 Å². The Morgan fingerprint density at radius 1 is 0.962 bits per heavy atom. The van der Waals surface area contributed by atoms with E-state index in [4.69, 9.17) is 30.5 Å². The molecule has 0 aliphatic heterocycles. The van der Waals surface area contributed by atoms with Gasteiger partial charge in [0.25, 0.3) is 0 Å². The van der Waals surface area contributed by atoms with Crippen molar-refractivity contribution < 1.29 is 23.7 Å². The number of benzene rings is 2. The quantitative estimate of drug-likeness (QED) is 0.738. The van der Waals surface area contributed by atoms with Crippen molar-refractivity contribution >= 4 is 29.3 Å². The van der Waals surface area contributed by atoms with Gasteiger partial charge in [0.1, 0.15) is 0 Å². The summed E-state index contributed by atoms with van der Waals surface area (Å²) in [6, 6.07) is 8.57. The summed E-state index contributed by atoms with van der Waals surface area (Å²) >= 11 is 6.17. The first kappa shape index (κ1) is 19.5. The first-order valence-electron chi connectivity index (χ1n) is 7.65. The van der Waals surface area contributed by atoms with E-state index in [1.807, 2.05) is 12.1 Å². The lowest BCUT2D eigenvalue weighted by molar-refractivity contribution is -0.111. The Kier molecular flexibility index (Phi) is 6.74. The second kappa shape index (κ2) is 9.01. The molecule has 0 radical (unpaired) electrons. The minimum Gasteiger partial charge on any atom is -0.493 e. The summed E-state index contributed by atoms with van der Waals surface area (Å²) in [6.07, 6.45) is 3.01. The molecule has 2 aromatic rings. The smallest absolute Gasteiger partial charge is 0.248 e. The van der Waals surface area contributed by atoms with E-state index >= 15 is 0 Å². The highest BCUT2D eigenvalue weighted by Gasteiger charge is 2.12. The van der Waals surface area contributed by atoms with Crippen LogP contribution in [0.5, 0.6) is 23.0 Å². The molecule has 0 aromatic heterocycles. The number of anilines is 1. The van der Waals surface area contributed by atoms with Crippen LogP contribution >= 0.6 is 11.6 Å². The van der Waals surface area contributed by atoms with Crippen LogP contribution in [0.1, 0.15) is 5.56 Å². The second-order valence-corrected chi connectivity index (χ2v) is 5.50. The lowest BCUT2D eigenvalue weighted by Crippen LogP contribution is -2.08. The molecule has 0 unspecified atom stereocenters. The van der Waals surface area contributed by atoms with Gasteiger partial charge in [0.15, 0.2) is 23.0 Å². The van der Waals surface area contributed by atoms with Crippen LogP contribution in [-0.2, 0) is 4.79 Å². The summed E-state index contributed by atoms with van der Waals surface area (Å²) in [7, 11) is 6.11. The van der Waals surface area contributed by atoms with Crippen LogP contribution in [0.2, 0.25) is 5.02 Å². The molecular formula is C19H20ClNO5. The van der Waals surface area contributed by atoms with Gasteiger partial charge < -0.3 is 24.3 Å². The van der Waals surface area contributed by atoms with Crippen molar-refractivity contribution in [2.75, 3.05) is 33.8 Å². The van der Waals surface area contributed by atoms with Crippen LogP contribution < -0.4 is 24.3 Å². The number of rotatable bonds is 7. The molecule has 7 heteroatoms. The Morgan fingerprint density at radius 3 is 2.23 bits per heavy atom. The van der Waals surface area contributed by atoms with Crippen LogP contribution in [0.3, 0.4) is 0 Å². The summed E-state index contributed by atoms with van der Waals surface area (Å²) in [6.45, 7) is 0. The van der Waals surface area contributed by atoms with Crippen LogP contribution in [0.25, 0.3) is 6.08 Å². The summed E-state index contributed by atoms with van der Waals surface area (Å²) in [4.78, 5) is 12.2. The zero-order chi connectivity index (χ0) is 19.1. The maximum Gasteiger partial charge on any atom is 0.248 e. The monoisotopic (exact) mass is 377 g/mol. The van der Waals surface area contributed by atoms with Crippen LogP contribution in [0, 0.1) is 0 Å². The zero-order valence-corrected chi connectivity index (χ0v) is 15.7. The molecule has 0 spiro atoms. The number of carbonyl (C=O) groups excluding carboxylic acids is 1. The molecule has 2 rings (SSSR count). The van der Waals surface area contributed by atoms with Crippen LogP contribution in [-0.4, -0.2) is 34.3 Å². The summed E-state index contributed by atoms with van der Waals surface area (Å²) in [5.74, 6) is 1.71. The summed E-state index contributed by atoms with van der Waals surface area (Å²) in [5, 5.41) is 3.04. The highest BCUT2D eigenvalue weighted by Crippen LogP contribution is 2.36. The second-order valence-electron chi connectivity index (χ2n) is 5.09. The fourth-order valence-corrected chi connectivity index (χ4v) is 2.53. The molecule has 0 heterocycles. The first-order chi connectivity index (χ1) is 12.5. The molecule has 26 heavy (non-hydrogen) atoms. The molecule has 1 N–H and O–H groups in total. The third-order valence-corrected chi connectivity index (χ3v) is 3.89. The van der Waals surface area contributed by atoms with Gasteiger partial charge in [-0.2, -0.15) is 0 Å². The number of carbonyl (C=O) groups is 1. The van der Waals surface area contributed by atoms with Gasteiger partial charge in [0.05, 0.1) is 39.1 Å². The summed E-state index contributed by atoms with van der Waals surface area (Å²) in [5.41, 5.74) is 1.12. The maximum atomic E-state index is 12.2. The first-order valence-corrected chi connectivity index (χ1v) is 8.03. The Hall–Kier alpha value is -2.86. The molecule has 0 aliphatic carbocycles. The number of hydrogen-bond donors (Lipinski definition) is 1. The Bertz CT molecular complexity index is 820. The summed E-state index contributed by atoms with van der Waals surface area (Å²) < 4.78 is 21.0. The number of para-hydroxylation sites is 1. The zero-order valence-electron chi connectivity index (χ0n) is 15.0. The van der Waals surface area contributed by atoms with E-state index in [0.717, 1.165) is 0 Å². The SMILES string of the molecule is COc1cc(Cl)c(NC(=O)/C=C/c2cccc(OC)c2OC)cc1OC. The van der Waals surface area contributed by atoms with E-state index in [1.165, 1.54) is 20.3 Å². The number of hydrogen-bond acceptors (Lipinski definition) is 5. The van der Waals surface area contributed by atoms with Crippen molar-refractivity contribution in [3.05, 3.63) is 47.0 Å². The average Bonchev–Trinajstić information content (AvgIpc) is 2.66. The normalized spacial score (nSPS) is 10.5. The predicted octanol–water partition coefficient (Wildman–Crippen LogP) is 4.03. The van der Waals surface area contributed by atoms with Crippen LogP contribution in [0.15, 0.2) is 36.4 Å². The van der Waals surface area contributed by atoms with E-state index in [9.17, 15) is 4.79 Å². The molecule has 1 amide bonds. The van der Waals surface area contributed by atoms with Crippen molar-refractivity contribution in [2.45, 2.75) is 0 Å². The Labute approximate surface area is 157 Å². The molecule has 6 nitrogen and oxygen atoms in total. The number of methoxy groups -OCH3 is 4. The molecule has 0 bridgehead atoms. The van der Waals surface area contributed by atoms with Gasteiger partial charge in [0, 0.05) is 23.8 Å². The van der Waals surface area contributed by atoms with E-state index < -0.39 is 0 Å². The third-order valence-electron chi connectivity index (χ3n) is 3.58. The van der Waals surface area contributed by atoms with Gasteiger partial charge >= 0.3 is 0 Å². The van der Waals surface area contributed by atoms with E-state index in [-0.39, 0.29) is 5.91 Å². The molecular weight excluding hydrogens is 358 g/mol. The van der Waals surface area contributed by atoms with Crippen molar-refractivity contribution in [3.63, 3.8) is 0 Å². The molecule has 0 saturated heterocycles. The van der Waals surface area contributed by atoms with Crippen molar-refractivity contribution in [2.24, 2.45) is 0 Å². The van der Waals surface area contributed by atoms with Crippen molar-refractivity contribution in [3.8, 4) is 23.0 Å². The number of amides is 1. The lowest BCUT2D eigenvalue weighted by Gasteiger charge is -2.12. The molecule has 0 aliphatic rings. The minimum atomic E-state index is -0.357. The van der Waals surface area contributed by atoms with E-state index in [0.29, 0.717) is 39.3 Å². The molecule has 0 atom stereocenters. The lowest BCUT2D eigenvalue weighted by atomic mass is 10.1. The van der Waals surface area contributed by atoms with Gasteiger partial charge in [-0.05, 0) is 12.1 Å². The molecule has 0 saturated carbocycles. The number of ether oxygens (including phenoxy) is 4. The highest BCUT2D eigenvalue weighted by molar-refractivity contribution is 6.34. The van der Waals surface area contributed by atoms with Gasteiger partial charge in [-0.3, -0.25) is 4.79 Å². The fraction of sp³-hybridized carbons (Fsp3) is 0.211. The van der Waals surface area contributed by atoms with E-state index in [2.05, 4.69) is 5.32 Å². The maximum absolute atomic E-state index is 12.2. The molecule has 138 valence electrons. The Morgan fingerprint density at radius 2 is 1.62 bits per heavy atom. The molecule has 0 fully saturated rings. The predicted molar refractivity (Wildman–Crippen MR) is 102 cm³/mol. The average molecular weight is 378 g/mol. The highest BCUT2D eigenvalue weighted by atomic mass is 35.5. The van der Waals surface area contributed by atoms with Gasteiger partial charge in [-0.1, -0.05) is 23.7 Å². The van der Waals surface area contributed by atoms with Crippen LogP contribution in [0.4, 0.5) is 5.69 Å². The van der Waals surface area contributed by atoms with E-state index in [1.54, 1.807) is 38.5 Å².